The molecule has 1 aliphatic heterocycles. The van der Waals surface area contributed by atoms with Crippen molar-refractivity contribution in [3.63, 3.8) is 0 Å². The monoisotopic (exact) mass is 441 g/mol. The number of aryl methyl sites for hydroxylation is 1. The topological polar surface area (TPSA) is 55.2 Å². The van der Waals surface area contributed by atoms with Crippen molar-refractivity contribution in [2.24, 2.45) is 13.0 Å². The van der Waals surface area contributed by atoms with Gasteiger partial charge < -0.3 is 4.90 Å². The van der Waals surface area contributed by atoms with Gasteiger partial charge in [-0.1, -0.05) is 68.8 Å². The first-order chi connectivity index (χ1) is 15.0. The average Bonchev–Trinajstić information content (AvgIpc) is 2.80. The molecular formula is C25H35N3O2S. The molecule has 5 nitrogen and oxygen atoms in total. The molecule has 1 amide bonds. The number of carbonyl (C=O) groups is 1. The second-order valence-electron chi connectivity index (χ2n) is 8.49. The largest absolute Gasteiger partial charge is 0.342 e. The molecule has 1 saturated heterocycles. The van der Waals surface area contributed by atoms with Gasteiger partial charge in [0.1, 0.15) is 0 Å². The molecule has 6 heteroatoms. The number of rotatable bonds is 9. The highest BCUT2D eigenvalue weighted by Gasteiger charge is 2.29. The number of hydrogen-bond donors (Lipinski definition) is 0. The van der Waals surface area contributed by atoms with Crippen LogP contribution in [0, 0.1) is 5.92 Å². The van der Waals surface area contributed by atoms with Crippen molar-refractivity contribution < 1.29 is 4.79 Å². The third kappa shape index (κ3) is 6.45. The molecule has 2 heterocycles. The molecule has 3 rings (SSSR count). The van der Waals surface area contributed by atoms with Crippen molar-refractivity contribution in [1.82, 2.24) is 14.5 Å². The molecule has 168 valence electrons. The highest BCUT2D eigenvalue weighted by Crippen LogP contribution is 2.29. The fraction of sp³-hybridized carbons (Fsp3) is 0.560. The second kappa shape index (κ2) is 11.5. The van der Waals surface area contributed by atoms with Crippen LogP contribution in [0.3, 0.4) is 0 Å². The van der Waals surface area contributed by atoms with Gasteiger partial charge >= 0.3 is 0 Å². The van der Waals surface area contributed by atoms with Crippen molar-refractivity contribution in [1.29, 1.82) is 0 Å². The molecule has 0 bridgehead atoms. The third-order valence-corrected chi connectivity index (χ3v) is 7.44. The number of nitrogens with zero attached hydrogens (tertiary/aromatic N) is 3. The zero-order valence-corrected chi connectivity index (χ0v) is 19.9. The standard InChI is InChI=1S/C25H35N3O2S/c1-4-6-12-22(31-25-26-21(5-2)18-23(29)27(25)3)24(30)28-15-13-20(14-16-28)17-19-10-8-7-9-11-19/h7-11,18,20,22H,4-6,12-17H2,1-3H3. The van der Waals surface area contributed by atoms with Gasteiger partial charge in [-0.25, -0.2) is 4.98 Å². The first-order valence-corrected chi connectivity index (χ1v) is 12.5. The summed E-state index contributed by atoms with van der Waals surface area (Å²) in [6.07, 6.45) is 6.76. The summed E-state index contributed by atoms with van der Waals surface area (Å²) in [7, 11) is 1.74. The molecule has 1 aromatic carbocycles. The Hall–Kier alpha value is -2.08. The molecule has 1 aromatic heterocycles. The number of aromatic nitrogens is 2. The lowest BCUT2D eigenvalue weighted by Gasteiger charge is -2.34. The highest BCUT2D eigenvalue weighted by molar-refractivity contribution is 8.00. The van der Waals surface area contributed by atoms with Gasteiger partial charge in [0.25, 0.3) is 5.56 Å². The van der Waals surface area contributed by atoms with Crippen LogP contribution in [0.1, 0.15) is 57.2 Å². The van der Waals surface area contributed by atoms with Gasteiger partial charge in [-0.15, -0.1) is 0 Å². The van der Waals surface area contributed by atoms with Gasteiger partial charge in [0.05, 0.1) is 5.25 Å². The fourth-order valence-corrected chi connectivity index (χ4v) is 5.32. The lowest BCUT2D eigenvalue weighted by molar-refractivity contribution is -0.132. The summed E-state index contributed by atoms with van der Waals surface area (Å²) >= 11 is 1.46. The molecule has 0 radical (unpaired) electrons. The maximum Gasteiger partial charge on any atom is 0.254 e. The number of likely N-dealkylation sites (tertiary alicyclic amines) is 1. The lowest BCUT2D eigenvalue weighted by Crippen LogP contribution is -2.43. The van der Waals surface area contributed by atoms with Crippen LogP contribution < -0.4 is 5.56 Å². The fourth-order valence-electron chi connectivity index (χ4n) is 4.11. The second-order valence-corrected chi connectivity index (χ2v) is 9.66. The van der Waals surface area contributed by atoms with Crippen molar-refractivity contribution in [2.75, 3.05) is 13.1 Å². The van der Waals surface area contributed by atoms with Crippen LogP contribution in [-0.4, -0.2) is 38.7 Å². The van der Waals surface area contributed by atoms with E-state index in [-0.39, 0.29) is 16.7 Å². The van der Waals surface area contributed by atoms with E-state index in [1.807, 2.05) is 11.8 Å². The van der Waals surface area contributed by atoms with E-state index in [2.05, 4.69) is 42.2 Å². The van der Waals surface area contributed by atoms with E-state index < -0.39 is 0 Å². The molecule has 1 unspecified atom stereocenters. The summed E-state index contributed by atoms with van der Waals surface area (Å²) in [5.41, 5.74) is 2.11. The minimum Gasteiger partial charge on any atom is -0.342 e. The van der Waals surface area contributed by atoms with Gasteiger partial charge in [-0.05, 0) is 43.6 Å². The molecule has 0 spiro atoms. The Labute approximate surface area is 190 Å². The lowest BCUT2D eigenvalue weighted by atomic mass is 9.90. The van der Waals surface area contributed by atoms with Gasteiger partial charge in [0.2, 0.25) is 5.91 Å². The van der Waals surface area contributed by atoms with Gasteiger partial charge in [-0.2, -0.15) is 0 Å². The number of benzene rings is 1. The van der Waals surface area contributed by atoms with Crippen LogP contribution in [0.15, 0.2) is 46.3 Å². The Morgan fingerprint density at radius 1 is 1.19 bits per heavy atom. The van der Waals surface area contributed by atoms with E-state index in [0.29, 0.717) is 17.5 Å². The Morgan fingerprint density at radius 3 is 2.55 bits per heavy atom. The predicted octanol–water partition coefficient (Wildman–Crippen LogP) is 4.47. The van der Waals surface area contributed by atoms with Gasteiger partial charge in [-0.3, -0.25) is 14.2 Å². The Kier molecular flexibility index (Phi) is 8.76. The average molecular weight is 442 g/mol. The maximum atomic E-state index is 13.4. The van der Waals surface area contributed by atoms with Crippen molar-refractivity contribution >= 4 is 17.7 Å². The number of thioether (sulfide) groups is 1. The van der Waals surface area contributed by atoms with E-state index in [1.54, 1.807) is 17.7 Å². The number of carbonyl (C=O) groups excluding carboxylic acids is 1. The van der Waals surface area contributed by atoms with E-state index in [1.165, 1.54) is 17.3 Å². The molecule has 31 heavy (non-hydrogen) atoms. The van der Waals surface area contributed by atoms with E-state index in [9.17, 15) is 9.59 Å². The van der Waals surface area contributed by atoms with E-state index in [4.69, 9.17) is 0 Å². The van der Waals surface area contributed by atoms with Crippen LogP contribution in [0.2, 0.25) is 0 Å². The first-order valence-electron chi connectivity index (χ1n) is 11.6. The quantitative estimate of drug-likeness (QED) is 0.425. The van der Waals surface area contributed by atoms with Crippen molar-refractivity contribution in [3.05, 3.63) is 58.0 Å². The van der Waals surface area contributed by atoms with Crippen molar-refractivity contribution in [2.45, 2.75) is 69.2 Å². The van der Waals surface area contributed by atoms with Crippen LogP contribution in [0.4, 0.5) is 0 Å². The molecular weight excluding hydrogens is 406 g/mol. The summed E-state index contributed by atoms with van der Waals surface area (Å²) < 4.78 is 1.57. The number of hydrogen-bond acceptors (Lipinski definition) is 4. The Balaban J connectivity index is 1.65. The highest BCUT2D eigenvalue weighted by atomic mass is 32.2. The molecule has 0 saturated carbocycles. The number of unbranched alkanes of at least 4 members (excludes halogenated alkanes) is 1. The third-order valence-electron chi connectivity index (χ3n) is 6.15. The zero-order valence-electron chi connectivity index (χ0n) is 19.0. The SMILES string of the molecule is CCCCC(Sc1nc(CC)cc(=O)n1C)C(=O)N1CCC(Cc2ccccc2)CC1. The van der Waals surface area contributed by atoms with E-state index in [0.717, 1.165) is 57.3 Å². The summed E-state index contributed by atoms with van der Waals surface area (Å²) in [6.45, 7) is 5.78. The minimum absolute atomic E-state index is 0.0576. The summed E-state index contributed by atoms with van der Waals surface area (Å²) in [5.74, 6) is 0.838. The van der Waals surface area contributed by atoms with Gasteiger partial charge in [0.15, 0.2) is 5.16 Å². The normalized spacial score (nSPS) is 15.8. The molecule has 2 aromatic rings. The Bertz CT molecular complexity index is 905. The molecule has 0 N–H and O–H groups in total. The molecule has 1 atom stereocenters. The number of piperidine rings is 1. The van der Waals surface area contributed by atoms with Crippen molar-refractivity contribution in [3.8, 4) is 0 Å². The van der Waals surface area contributed by atoms with Crippen LogP contribution in [-0.2, 0) is 24.7 Å². The minimum atomic E-state index is -0.184. The van der Waals surface area contributed by atoms with E-state index >= 15 is 0 Å². The van der Waals surface area contributed by atoms with Crippen LogP contribution >= 0.6 is 11.8 Å². The van der Waals surface area contributed by atoms with Crippen LogP contribution in [0.5, 0.6) is 0 Å². The number of amides is 1. The van der Waals surface area contributed by atoms with Gasteiger partial charge in [0, 0.05) is 31.9 Å². The smallest absolute Gasteiger partial charge is 0.254 e. The Morgan fingerprint density at radius 2 is 1.90 bits per heavy atom. The maximum absolute atomic E-state index is 13.4. The van der Waals surface area contributed by atoms with Crippen LogP contribution in [0.25, 0.3) is 0 Å². The molecule has 0 aliphatic carbocycles. The summed E-state index contributed by atoms with van der Waals surface area (Å²) in [6, 6.07) is 12.2. The molecule has 1 fully saturated rings. The first kappa shape index (κ1) is 23.6. The summed E-state index contributed by atoms with van der Waals surface area (Å²) in [4.78, 5) is 32.4. The zero-order chi connectivity index (χ0) is 22.2. The molecule has 1 aliphatic rings. The summed E-state index contributed by atoms with van der Waals surface area (Å²) in [5, 5.41) is 0.466. The predicted molar refractivity (Wildman–Crippen MR) is 127 cm³/mol.